The summed E-state index contributed by atoms with van der Waals surface area (Å²) in [6.45, 7) is 4.63. The molecule has 1 aliphatic rings. The second-order valence-electron chi connectivity index (χ2n) is 5.22. The van der Waals surface area contributed by atoms with E-state index in [2.05, 4.69) is 24.4 Å². The topological polar surface area (TPSA) is 32.3 Å². The zero-order chi connectivity index (χ0) is 14.0. The quantitative estimate of drug-likeness (QED) is 0.843. The molecule has 1 aromatic heterocycles. The third-order valence-electron chi connectivity index (χ3n) is 3.72. The van der Waals surface area contributed by atoms with Crippen LogP contribution in [0.25, 0.3) is 0 Å². The molecular weight excluding hydrogens is 263 g/mol. The van der Waals surface area contributed by atoms with Gasteiger partial charge in [-0.25, -0.2) is 4.39 Å². The highest BCUT2D eigenvalue weighted by Gasteiger charge is 2.49. The molecular formula is C14H21FN2OS. The minimum absolute atomic E-state index is 0.0324. The number of nitrogens with zero attached hydrogens (tertiary/aromatic N) is 1. The maximum absolute atomic E-state index is 14.2. The predicted octanol–water partition coefficient (Wildman–Crippen LogP) is 2.50. The SMILES string of the molecule is CNC1(F)CC(C)N(CCCc2ccc(C)s2)C1=O. The highest BCUT2D eigenvalue weighted by molar-refractivity contribution is 7.11. The van der Waals surface area contributed by atoms with Crippen LogP contribution in [-0.4, -0.2) is 36.2 Å². The second kappa shape index (κ2) is 5.59. The summed E-state index contributed by atoms with van der Waals surface area (Å²) >= 11 is 1.79. The first-order chi connectivity index (χ1) is 8.96. The molecule has 2 unspecified atom stereocenters. The fraction of sp³-hybridized carbons (Fsp3) is 0.643. The number of hydrogen-bond acceptors (Lipinski definition) is 3. The summed E-state index contributed by atoms with van der Waals surface area (Å²) in [7, 11) is 1.50. The Morgan fingerprint density at radius 2 is 2.32 bits per heavy atom. The Labute approximate surface area is 117 Å². The maximum Gasteiger partial charge on any atom is 0.275 e. The zero-order valence-corrected chi connectivity index (χ0v) is 12.5. The van der Waals surface area contributed by atoms with Crippen molar-refractivity contribution in [1.29, 1.82) is 0 Å². The molecule has 1 amide bonds. The summed E-state index contributed by atoms with van der Waals surface area (Å²) in [5.74, 6) is -2.27. The van der Waals surface area contributed by atoms with E-state index in [-0.39, 0.29) is 12.5 Å². The van der Waals surface area contributed by atoms with Crippen LogP contribution in [0.15, 0.2) is 12.1 Å². The lowest BCUT2D eigenvalue weighted by atomic mass is 10.1. The average Bonchev–Trinajstić information content (AvgIpc) is 2.87. The smallest absolute Gasteiger partial charge is 0.275 e. The van der Waals surface area contributed by atoms with Gasteiger partial charge in [0.2, 0.25) is 5.79 Å². The van der Waals surface area contributed by atoms with Crippen molar-refractivity contribution in [3.05, 3.63) is 21.9 Å². The van der Waals surface area contributed by atoms with Gasteiger partial charge in [-0.3, -0.25) is 10.1 Å². The van der Waals surface area contributed by atoms with Gasteiger partial charge in [-0.05, 0) is 45.9 Å². The fourth-order valence-electron chi connectivity index (χ4n) is 2.61. The van der Waals surface area contributed by atoms with Crippen molar-refractivity contribution < 1.29 is 9.18 Å². The van der Waals surface area contributed by atoms with Crippen molar-refractivity contribution in [2.24, 2.45) is 0 Å². The molecule has 1 fully saturated rings. The van der Waals surface area contributed by atoms with Gasteiger partial charge in [0, 0.05) is 28.8 Å². The molecule has 0 aromatic carbocycles. The van der Waals surface area contributed by atoms with Crippen LogP contribution in [0.1, 0.15) is 29.5 Å². The molecule has 1 N–H and O–H groups in total. The highest BCUT2D eigenvalue weighted by atomic mass is 32.1. The number of aryl methyl sites for hydroxylation is 2. The molecule has 5 heteroatoms. The summed E-state index contributed by atoms with van der Waals surface area (Å²) < 4.78 is 14.2. The number of rotatable bonds is 5. The number of amides is 1. The van der Waals surface area contributed by atoms with Gasteiger partial charge >= 0.3 is 0 Å². The maximum atomic E-state index is 14.2. The van der Waals surface area contributed by atoms with E-state index in [1.54, 1.807) is 16.2 Å². The molecule has 1 aromatic rings. The Morgan fingerprint density at radius 1 is 1.58 bits per heavy atom. The largest absolute Gasteiger partial charge is 0.336 e. The number of thiophene rings is 1. The monoisotopic (exact) mass is 284 g/mol. The molecule has 106 valence electrons. The van der Waals surface area contributed by atoms with Gasteiger partial charge in [-0.15, -0.1) is 11.3 Å². The van der Waals surface area contributed by atoms with Crippen LogP contribution in [-0.2, 0) is 11.2 Å². The van der Waals surface area contributed by atoms with Crippen LogP contribution in [0, 0.1) is 6.92 Å². The number of carbonyl (C=O) groups excluding carboxylic acids is 1. The lowest BCUT2D eigenvalue weighted by molar-refractivity contribution is -0.139. The summed E-state index contributed by atoms with van der Waals surface area (Å²) in [5.41, 5.74) is 0. The molecule has 0 saturated carbocycles. The summed E-state index contributed by atoms with van der Waals surface area (Å²) in [4.78, 5) is 16.3. The molecule has 1 saturated heterocycles. The average molecular weight is 284 g/mol. The first-order valence-corrected chi connectivity index (χ1v) is 7.52. The first-order valence-electron chi connectivity index (χ1n) is 6.70. The Morgan fingerprint density at radius 3 is 2.84 bits per heavy atom. The van der Waals surface area contributed by atoms with E-state index < -0.39 is 11.7 Å². The van der Waals surface area contributed by atoms with Gasteiger partial charge in [0.1, 0.15) is 0 Å². The van der Waals surface area contributed by atoms with Crippen molar-refractivity contribution in [3.8, 4) is 0 Å². The molecule has 0 spiro atoms. The number of halogens is 1. The summed E-state index contributed by atoms with van der Waals surface area (Å²) in [5, 5.41) is 2.51. The fourth-order valence-corrected chi connectivity index (χ4v) is 3.54. The van der Waals surface area contributed by atoms with E-state index in [4.69, 9.17) is 0 Å². The van der Waals surface area contributed by atoms with E-state index >= 15 is 0 Å². The molecule has 2 heterocycles. The lowest BCUT2D eigenvalue weighted by Gasteiger charge is -2.21. The number of alkyl halides is 1. The van der Waals surface area contributed by atoms with Crippen LogP contribution >= 0.6 is 11.3 Å². The van der Waals surface area contributed by atoms with Gasteiger partial charge in [-0.2, -0.15) is 0 Å². The van der Waals surface area contributed by atoms with Crippen LogP contribution < -0.4 is 5.32 Å². The number of likely N-dealkylation sites (N-methyl/N-ethyl adjacent to an activating group) is 1. The van der Waals surface area contributed by atoms with Gasteiger partial charge in [0.05, 0.1) is 0 Å². The van der Waals surface area contributed by atoms with Gasteiger partial charge in [0.15, 0.2) is 0 Å². The Kier molecular flexibility index (Phi) is 4.26. The standard InChI is InChI=1S/C14H21FN2OS/c1-10-9-14(15,16-3)13(18)17(10)8-4-5-12-7-6-11(2)19-12/h6-7,10,16H,4-5,8-9H2,1-3H3. The zero-order valence-electron chi connectivity index (χ0n) is 11.7. The van der Waals surface area contributed by atoms with E-state index in [9.17, 15) is 9.18 Å². The van der Waals surface area contributed by atoms with Crippen LogP contribution in [0.3, 0.4) is 0 Å². The minimum atomic E-state index is -1.86. The van der Waals surface area contributed by atoms with Crippen LogP contribution in [0.2, 0.25) is 0 Å². The van der Waals surface area contributed by atoms with Crippen molar-refractivity contribution in [1.82, 2.24) is 10.2 Å². The molecule has 2 atom stereocenters. The number of hydrogen-bond donors (Lipinski definition) is 1. The summed E-state index contributed by atoms with van der Waals surface area (Å²) in [6.07, 6.45) is 2.07. The van der Waals surface area contributed by atoms with Crippen molar-refractivity contribution in [2.45, 2.75) is 44.9 Å². The minimum Gasteiger partial charge on any atom is -0.336 e. The Hall–Kier alpha value is -0.940. The first kappa shape index (κ1) is 14.5. The molecule has 3 nitrogen and oxygen atoms in total. The van der Waals surface area contributed by atoms with E-state index in [0.29, 0.717) is 6.54 Å². The Balaban J connectivity index is 1.88. The molecule has 19 heavy (non-hydrogen) atoms. The number of nitrogens with one attached hydrogen (secondary N) is 1. The van der Waals surface area contributed by atoms with E-state index in [0.717, 1.165) is 12.8 Å². The van der Waals surface area contributed by atoms with Crippen molar-refractivity contribution >= 4 is 17.2 Å². The van der Waals surface area contributed by atoms with Gasteiger partial charge in [0.25, 0.3) is 5.91 Å². The number of likely N-dealkylation sites (tertiary alicyclic amines) is 1. The predicted molar refractivity (Wildman–Crippen MR) is 76.1 cm³/mol. The summed E-state index contributed by atoms with van der Waals surface area (Å²) in [6, 6.07) is 4.20. The van der Waals surface area contributed by atoms with Crippen molar-refractivity contribution in [3.63, 3.8) is 0 Å². The van der Waals surface area contributed by atoms with Crippen molar-refractivity contribution in [2.75, 3.05) is 13.6 Å². The molecule has 0 radical (unpaired) electrons. The molecule has 2 rings (SSSR count). The number of carbonyl (C=O) groups is 1. The molecule has 0 aliphatic carbocycles. The Bertz CT molecular complexity index is 462. The normalized spacial score (nSPS) is 27.3. The second-order valence-corrected chi connectivity index (χ2v) is 6.59. The van der Waals surface area contributed by atoms with Crippen LogP contribution in [0.4, 0.5) is 4.39 Å². The van der Waals surface area contributed by atoms with E-state index in [1.165, 1.54) is 16.8 Å². The lowest BCUT2D eigenvalue weighted by Crippen LogP contribution is -2.46. The van der Waals surface area contributed by atoms with Crippen LogP contribution in [0.5, 0.6) is 0 Å². The molecule has 1 aliphatic heterocycles. The van der Waals surface area contributed by atoms with E-state index in [1.807, 2.05) is 6.92 Å². The third kappa shape index (κ3) is 2.98. The highest BCUT2D eigenvalue weighted by Crippen LogP contribution is 2.29. The van der Waals surface area contributed by atoms with Gasteiger partial charge in [-0.1, -0.05) is 0 Å². The molecule has 0 bridgehead atoms. The third-order valence-corrected chi connectivity index (χ3v) is 4.78. The van der Waals surface area contributed by atoms with Gasteiger partial charge < -0.3 is 4.90 Å².